The number of ether oxygens (including phenoxy) is 1. The van der Waals surface area contributed by atoms with E-state index in [0.717, 1.165) is 18.7 Å². The quantitative estimate of drug-likeness (QED) is 0.744. The van der Waals surface area contributed by atoms with Crippen LogP contribution in [-0.4, -0.2) is 66.1 Å². The van der Waals surface area contributed by atoms with Gasteiger partial charge in [-0.1, -0.05) is 17.7 Å². The fraction of sp³-hybridized carbons (Fsp3) is 0.381. The lowest BCUT2D eigenvalue weighted by Gasteiger charge is -2.32. The van der Waals surface area contributed by atoms with Gasteiger partial charge in [-0.2, -0.15) is 0 Å². The lowest BCUT2D eigenvalue weighted by molar-refractivity contribution is -0.883. The maximum Gasteiger partial charge on any atom is 0.264 e. The number of methoxy groups -OCH3 is 1. The lowest BCUT2D eigenvalue weighted by atomic mass is 10.2. The summed E-state index contributed by atoms with van der Waals surface area (Å²) in [5.74, 6) is 0.386. The minimum Gasteiger partial charge on any atom is -0.497 e. The number of hydrogen-bond acceptors (Lipinski definition) is 4. The first kappa shape index (κ1) is 21.1. The van der Waals surface area contributed by atoms with Crippen LogP contribution in [0.4, 0.5) is 5.69 Å². The van der Waals surface area contributed by atoms with Crippen LogP contribution in [0.3, 0.4) is 0 Å². The molecule has 0 aliphatic carbocycles. The van der Waals surface area contributed by atoms with Crippen molar-refractivity contribution in [2.75, 3.05) is 51.2 Å². The number of nitrogens with one attached hydrogen (secondary N) is 1. The van der Waals surface area contributed by atoms with Crippen LogP contribution in [0, 0.1) is 6.92 Å². The van der Waals surface area contributed by atoms with Gasteiger partial charge in [0.05, 0.1) is 50.9 Å². The second-order valence-corrected chi connectivity index (χ2v) is 9.22. The molecule has 2 aromatic rings. The summed E-state index contributed by atoms with van der Waals surface area (Å²) in [4.78, 5) is 16.2. The average Bonchev–Trinajstić information content (AvgIpc) is 2.73. The number of rotatable bonds is 6. The Morgan fingerprint density at radius 2 is 1.66 bits per heavy atom. The second kappa shape index (κ2) is 8.84. The van der Waals surface area contributed by atoms with Crippen molar-refractivity contribution in [2.45, 2.75) is 11.8 Å². The van der Waals surface area contributed by atoms with E-state index < -0.39 is 10.0 Å². The molecule has 7 nitrogen and oxygen atoms in total. The number of carbonyl (C=O) groups excluding carboxylic acids is 1. The molecule has 1 amide bonds. The molecule has 0 unspecified atom stereocenters. The van der Waals surface area contributed by atoms with Crippen molar-refractivity contribution in [3.8, 4) is 5.75 Å². The van der Waals surface area contributed by atoms with E-state index in [9.17, 15) is 13.2 Å². The largest absolute Gasteiger partial charge is 0.497 e. The lowest BCUT2D eigenvalue weighted by Crippen LogP contribution is -3.12. The normalized spacial score (nSPS) is 15.2. The Morgan fingerprint density at radius 3 is 2.21 bits per heavy atom. The third kappa shape index (κ3) is 4.89. The summed E-state index contributed by atoms with van der Waals surface area (Å²) in [6, 6.07) is 13.4. The van der Waals surface area contributed by atoms with Gasteiger partial charge >= 0.3 is 0 Å². The van der Waals surface area contributed by atoms with E-state index >= 15 is 0 Å². The molecule has 1 aliphatic rings. The van der Waals surface area contributed by atoms with Gasteiger partial charge in [0.2, 0.25) is 5.91 Å². The van der Waals surface area contributed by atoms with Gasteiger partial charge in [0, 0.05) is 0 Å². The van der Waals surface area contributed by atoms with E-state index in [1.807, 2.05) is 19.1 Å². The number of sulfonamides is 1. The summed E-state index contributed by atoms with van der Waals surface area (Å²) in [6.45, 7) is 4.70. The fourth-order valence-electron chi connectivity index (χ4n) is 3.26. The number of nitrogens with zero attached hydrogens (tertiary/aromatic N) is 2. The summed E-state index contributed by atoms with van der Waals surface area (Å²) in [5, 5.41) is 0. The van der Waals surface area contributed by atoms with Gasteiger partial charge in [0.15, 0.2) is 0 Å². The highest BCUT2D eigenvalue weighted by molar-refractivity contribution is 7.92. The van der Waals surface area contributed by atoms with Crippen LogP contribution in [-0.2, 0) is 14.8 Å². The predicted molar refractivity (Wildman–Crippen MR) is 112 cm³/mol. The number of likely N-dealkylation sites (N-methyl/N-ethyl adjacent to an activating group) is 1. The number of piperazine rings is 1. The molecule has 0 spiro atoms. The third-order valence-electron chi connectivity index (χ3n) is 5.22. The van der Waals surface area contributed by atoms with Crippen LogP contribution in [0.15, 0.2) is 53.4 Å². The van der Waals surface area contributed by atoms with Gasteiger partial charge in [0.1, 0.15) is 12.3 Å². The monoisotopic (exact) mass is 418 g/mol. The second-order valence-electron chi connectivity index (χ2n) is 7.36. The van der Waals surface area contributed by atoms with Gasteiger partial charge in [0.25, 0.3) is 10.0 Å². The number of benzene rings is 2. The van der Waals surface area contributed by atoms with Gasteiger partial charge in [-0.15, -0.1) is 0 Å². The van der Waals surface area contributed by atoms with Crippen molar-refractivity contribution < 1.29 is 22.8 Å². The number of anilines is 1. The van der Waals surface area contributed by atoms with E-state index in [0.29, 0.717) is 24.5 Å². The van der Waals surface area contributed by atoms with Crippen molar-refractivity contribution in [3.63, 3.8) is 0 Å². The molecule has 0 radical (unpaired) electrons. The molecule has 0 atom stereocenters. The molecule has 156 valence electrons. The number of quaternary nitrogens is 1. The molecule has 2 aromatic carbocycles. The highest BCUT2D eigenvalue weighted by Gasteiger charge is 2.30. The number of aryl methyl sites for hydroxylation is 1. The fourth-order valence-corrected chi connectivity index (χ4v) is 4.68. The summed E-state index contributed by atoms with van der Waals surface area (Å²) < 4.78 is 33.1. The Labute approximate surface area is 172 Å². The van der Waals surface area contributed by atoms with E-state index in [1.165, 1.54) is 28.4 Å². The first-order valence-corrected chi connectivity index (χ1v) is 11.1. The highest BCUT2D eigenvalue weighted by Crippen LogP contribution is 2.25. The SMILES string of the molecule is COc1ccc(S(=O)(=O)N(CC(=O)N2CC[NH+](C)CC2)c2ccc(C)cc2)cc1. The molecule has 0 bridgehead atoms. The molecule has 1 aliphatic heterocycles. The smallest absolute Gasteiger partial charge is 0.264 e. The predicted octanol–water partition coefficient (Wildman–Crippen LogP) is 0.556. The molecule has 29 heavy (non-hydrogen) atoms. The van der Waals surface area contributed by atoms with Crippen LogP contribution in [0.2, 0.25) is 0 Å². The third-order valence-corrected chi connectivity index (χ3v) is 7.01. The summed E-state index contributed by atoms with van der Waals surface area (Å²) in [7, 11) is -0.293. The molecule has 0 saturated carbocycles. The van der Waals surface area contributed by atoms with Crippen LogP contribution < -0.4 is 13.9 Å². The van der Waals surface area contributed by atoms with Crippen molar-refractivity contribution in [1.29, 1.82) is 0 Å². The van der Waals surface area contributed by atoms with Crippen LogP contribution >= 0.6 is 0 Å². The Morgan fingerprint density at radius 1 is 1.07 bits per heavy atom. The van der Waals surface area contributed by atoms with Gasteiger partial charge in [-0.05, 0) is 43.3 Å². The van der Waals surface area contributed by atoms with E-state index in [2.05, 4.69) is 7.05 Å². The number of carbonyl (C=O) groups is 1. The van der Waals surface area contributed by atoms with Crippen molar-refractivity contribution in [3.05, 3.63) is 54.1 Å². The Kier molecular flexibility index (Phi) is 6.44. The van der Waals surface area contributed by atoms with Gasteiger partial charge < -0.3 is 14.5 Å². The Hall–Kier alpha value is -2.58. The topological polar surface area (TPSA) is 71.4 Å². The standard InChI is InChI=1S/C21H27N3O4S/c1-17-4-6-18(7-5-17)24(16-21(25)23-14-12-22(2)13-15-23)29(26,27)20-10-8-19(28-3)9-11-20/h4-11H,12-16H2,1-3H3/p+1. The molecule has 1 heterocycles. The summed E-state index contributed by atoms with van der Waals surface area (Å²) in [6.07, 6.45) is 0. The molecule has 1 N–H and O–H groups in total. The minimum absolute atomic E-state index is 0.120. The molecule has 8 heteroatoms. The number of amides is 1. The molecular formula is C21H28N3O4S+. The van der Waals surface area contributed by atoms with E-state index in [1.54, 1.807) is 29.2 Å². The maximum absolute atomic E-state index is 13.4. The highest BCUT2D eigenvalue weighted by atomic mass is 32.2. The first-order chi connectivity index (χ1) is 13.8. The van der Waals surface area contributed by atoms with Crippen LogP contribution in [0.1, 0.15) is 5.56 Å². The molecule has 1 saturated heterocycles. The Balaban J connectivity index is 1.91. The number of hydrogen-bond donors (Lipinski definition) is 1. The molecule has 0 aromatic heterocycles. The molecular weight excluding hydrogens is 390 g/mol. The first-order valence-electron chi connectivity index (χ1n) is 9.64. The Bertz CT molecular complexity index is 935. The van der Waals surface area contributed by atoms with Crippen molar-refractivity contribution in [2.24, 2.45) is 0 Å². The summed E-state index contributed by atoms with van der Waals surface area (Å²) >= 11 is 0. The zero-order valence-electron chi connectivity index (χ0n) is 17.1. The summed E-state index contributed by atoms with van der Waals surface area (Å²) in [5.41, 5.74) is 1.49. The van der Waals surface area contributed by atoms with E-state index in [4.69, 9.17) is 4.74 Å². The minimum atomic E-state index is -3.91. The zero-order chi connectivity index (χ0) is 21.0. The van der Waals surface area contributed by atoms with Crippen LogP contribution in [0.25, 0.3) is 0 Å². The average molecular weight is 419 g/mol. The maximum atomic E-state index is 13.4. The van der Waals surface area contributed by atoms with E-state index in [-0.39, 0.29) is 17.3 Å². The van der Waals surface area contributed by atoms with Gasteiger partial charge in [-0.3, -0.25) is 9.10 Å². The molecule has 1 fully saturated rings. The zero-order valence-corrected chi connectivity index (χ0v) is 17.9. The van der Waals surface area contributed by atoms with Crippen LogP contribution in [0.5, 0.6) is 5.75 Å². The van der Waals surface area contributed by atoms with Crippen molar-refractivity contribution >= 4 is 21.6 Å². The van der Waals surface area contributed by atoms with Gasteiger partial charge in [-0.25, -0.2) is 8.42 Å². The molecule has 3 rings (SSSR count). The van der Waals surface area contributed by atoms with Crippen molar-refractivity contribution in [1.82, 2.24) is 4.90 Å².